The molecule has 0 spiro atoms. The lowest BCUT2D eigenvalue weighted by atomic mass is 10.0. The van der Waals surface area contributed by atoms with Gasteiger partial charge in [0.15, 0.2) is 5.96 Å². The highest BCUT2D eigenvalue weighted by Gasteiger charge is 2.46. The van der Waals surface area contributed by atoms with Gasteiger partial charge in [-0.15, -0.1) is 0 Å². The number of primary amides is 1. The molecule has 1 aromatic carbocycles. The summed E-state index contributed by atoms with van der Waals surface area (Å²) in [5, 5.41) is 49.6. The van der Waals surface area contributed by atoms with Gasteiger partial charge in [0.05, 0.1) is 6.61 Å². The monoisotopic (exact) mass is 1650 g/mol. The lowest BCUT2D eigenvalue weighted by Crippen LogP contribution is -2.61. The maximum Gasteiger partial charge on any atom is 0.303 e. The van der Waals surface area contributed by atoms with E-state index in [0.717, 1.165) is 21.6 Å². The van der Waals surface area contributed by atoms with Gasteiger partial charge in [-0.25, -0.2) is 0 Å². The summed E-state index contributed by atoms with van der Waals surface area (Å²) in [6.07, 6.45) is 2.94. The molecule has 14 atom stereocenters. The van der Waals surface area contributed by atoms with E-state index in [-0.39, 0.29) is 153 Å². The summed E-state index contributed by atoms with van der Waals surface area (Å²) < 4.78 is 0. The third-order valence-electron chi connectivity index (χ3n) is 20.2. The van der Waals surface area contributed by atoms with Crippen molar-refractivity contribution in [3.8, 4) is 0 Å². The first kappa shape index (κ1) is 96.2. The number of guanidine groups is 1. The summed E-state index contributed by atoms with van der Waals surface area (Å²) in [7, 11) is 2.13. The molecule has 4 aliphatic rings. The van der Waals surface area contributed by atoms with E-state index in [1.54, 1.807) is 51.1 Å². The molecule has 0 aliphatic carbocycles. The van der Waals surface area contributed by atoms with E-state index in [0.29, 0.717) is 56.9 Å². The van der Waals surface area contributed by atoms with E-state index in [4.69, 9.17) is 28.7 Å². The number of aliphatic carboxylic acids is 1. The highest BCUT2D eigenvalue weighted by Crippen LogP contribution is 2.29. The fraction of sp³-hybridized carbons (Fsp3) is 0.693. The number of aliphatic hydroxyl groups excluding tert-OH is 1. The lowest BCUT2D eigenvalue weighted by molar-refractivity contribution is -0.148. The Labute approximate surface area is 678 Å². The normalized spacial score (nSPS) is 24.9. The van der Waals surface area contributed by atoms with Crippen molar-refractivity contribution >= 4 is 122 Å². The van der Waals surface area contributed by atoms with Gasteiger partial charge in [-0.2, -0.15) is 0 Å². The quantitative estimate of drug-likeness (QED) is 0.0145. The first-order valence-electron chi connectivity index (χ1n) is 40.0. The Morgan fingerprint density at radius 2 is 1.17 bits per heavy atom. The van der Waals surface area contributed by atoms with Crippen LogP contribution in [0.1, 0.15) is 181 Å². The molecule has 4 fully saturated rings. The zero-order valence-corrected chi connectivity index (χ0v) is 68.2. The van der Waals surface area contributed by atoms with Gasteiger partial charge in [0.2, 0.25) is 88.6 Å². The van der Waals surface area contributed by atoms with Gasteiger partial charge in [-0.3, -0.25) is 81.7 Å². The molecule has 0 radical (unpaired) electrons. The van der Waals surface area contributed by atoms with Gasteiger partial charge in [0.25, 0.3) is 0 Å². The molecule has 4 heterocycles. The predicted octanol–water partition coefficient (Wildman–Crippen LogP) is -3.36. The Kier molecular flexibility index (Phi) is 41.9. The van der Waals surface area contributed by atoms with Gasteiger partial charge in [0, 0.05) is 56.9 Å². The third-order valence-corrected chi connectivity index (χ3v) is 22.7. The smallest absolute Gasteiger partial charge is 0.303 e. The second kappa shape index (κ2) is 50.2. The summed E-state index contributed by atoms with van der Waals surface area (Å²) in [5.41, 5.74) is 29.1. The van der Waals surface area contributed by atoms with Gasteiger partial charge < -0.3 is 112 Å². The lowest BCUT2D eigenvalue weighted by Gasteiger charge is -2.33. The van der Waals surface area contributed by atoms with Gasteiger partial charge in [-0.1, -0.05) is 92.5 Å². The van der Waals surface area contributed by atoms with E-state index in [2.05, 4.69) is 63.5 Å². The predicted molar refractivity (Wildman–Crippen MR) is 429 cm³/mol. The van der Waals surface area contributed by atoms with Crippen molar-refractivity contribution in [2.24, 2.45) is 39.6 Å². The Bertz CT molecular complexity index is 3510. The number of carboxylic acids is 1. The van der Waals surface area contributed by atoms with Crippen LogP contribution in [0, 0.1) is 5.92 Å². The number of carbonyl (C=O) groups is 16. The number of hydrogen-bond acceptors (Lipinski definition) is 22. The molecule has 4 saturated heterocycles. The molecular formula is C75H122N20O18S2. The number of aliphatic imine (C=N–C) groups is 1. The fourth-order valence-electron chi connectivity index (χ4n) is 13.9. The van der Waals surface area contributed by atoms with Gasteiger partial charge in [-0.05, 0) is 147 Å². The van der Waals surface area contributed by atoms with Crippen LogP contribution in [-0.4, -0.2) is 267 Å². The summed E-state index contributed by atoms with van der Waals surface area (Å²) in [6, 6.07) is -10.7. The number of likely N-dealkylation sites (tertiary alicyclic amines) is 2. The number of benzene rings is 1. The van der Waals surface area contributed by atoms with Crippen LogP contribution in [0.2, 0.25) is 0 Å². The number of carbonyl (C=O) groups excluding carboxylic acids is 15. The number of rotatable bonds is 32. The summed E-state index contributed by atoms with van der Waals surface area (Å²) in [6.45, 7) is 7.95. The molecule has 23 N–H and O–H groups in total. The number of unbranched alkanes of at least 4 members (excludes halogenated alkanes) is 3. The van der Waals surface area contributed by atoms with Crippen LogP contribution in [0.15, 0.2) is 35.3 Å². The summed E-state index contributed by atoms with van der Waals surface area (Å²) >= 11 is 0. The molecule has 0 aromatic heterocycles. The minimum absolute atomic E-state index is 0.0203. The molecule has 1 aromatic rings. The van der Waals surface area contributed by atoms with Crippen LogP contribution in [0.5, 0.6) is 0 Å². The number of nitrogens with one attached hydrogen (secondary N) is 11. The maximum atomic E-state index is 15.2. The maximum absolute atomic E-state index is 15.2. The zero-order valence-electron chi connectivity index (χ0n) is 66.6. The van der Waals surface area contributed by atoms with E-state index in [9.17, 15) is 72.5 Å². The molecule has 642 valence electrons. The number of aliphatic hydroxyl groups is 1. The minimum Gasteiger partial charge on any atom is -0.481 e. The molecule has 14 unspecified atom stereocenters. The van der Waals surface area contributed by atoms with Crippen molar-refractivity contribution in [2.45, 2.75) is 267 Å². The highest BCUT2D eigenvalue weighted by molar-refractivity contribution is 8.76. The number of amides is 15. The van der Waals surface area contributed by atoms with Crippen LogP contribution < -0.4 is 87.2 Å². The van der Waals surface area contributed by atoms with E-state index >= 15 is 14.4 Å². The first-order chi connectivity index (χ1) is 54.9. The van der Waals surface area contributed by atoms with Crippen LogP contribution >= 0.6 is 21.6 Å². The largest absolute Gasteiger partial charge is 0.481 e. The fourth-order valence-corrected chi connectivity index (χ4v) is 16.1. The zero-order chi connectivity index (χ0) is 84.8. The Morgan fingerprint density at radius 3 is 1.79 bits per heavy atom. The summed E-state index contributed by atoms with van der Waals surface area (Å²) in [4.78, 5) is 235. The molecule has 5 rings (SSSR count). The molecule has 0 bridgehead atoms. The molecule has 0 saturated carbocycles. The Balaban J connectivity index is 1.57. The Morgan fingerprint density at radius 1 is 0.591 bits per heavy atom. The van der Waals surface area contributed by atoms with Gasteiger partial charge >= 0.3 is 5.97 Å². The van der Waals surface area contributed by atoms with Crippen LogP contribution in [0.4, 0.5) is 0 Å². The summed E-state index contributed by atoms with van der Waals surface area (Å²) in [5.74, 6) is -14.0. The van der Waals surface area contributed by atoms with Crippen molar-refractivity contribution in [2.75, 3.05) is 57.4 Å². The van der Waals surface area contributed by atoms with Crippen molar-refractivity contribution < 1.29 is 86.9 Å². The van der Waals surface area contributed by atoms with Crippen molar-refractivity contribution in [1.29, 1.82) is 0 Å². The molecular weight excluding hydrogens is 1530 g/mol. The molecule has 115 heavy (non-hydrogen) atoms. The number of hydrogen-bond donors (Lipinski definition) is 18. The average Bonchev–Trinajstić information content (AvgIpc) is 1.67. The number of fused-ring (bicyclic) bond motifs is 1. The van der Waals surface area contributed by atoms with Gasteiger partial charge in [0.1, 0.15) is 84.6 Å². The number of carboxylic acid groups (broad SMARTS) is 1. The van der Waals surface area contributed by atoms with E-state index < -0.39 is 192 Å². The minimum atomic E-state index is -1.77. The Hall–Kier alpha value is -9.41. The van der Waals surface area contributed by atoms with Crippen molar-refractivity contribution in [1.82, 2.24) is 73.2 Å². The van der Waals surface area contributed by atoms with E-state index in [1.807, 2.05) is 6.92 Å². The number of nitrogens with zero attached hydrogens (tertiary/aromatic N) is 4. The second-order valence-corrected chi connectivity index (χ2v) is 32.3. The molecule has 38 nitrogen and oxygen atoms in total. The first-order valence-corrected chi connectivity index (χ1v) is 42.5. The topological polar surface area (TPSA) is 598 Å². The SMILES string of the molecule is CCCCC1NC(=O)C(CCCCN)NC(=O)C(CCCN=C(N)N)NC(=O)C(CC(C)C)NC(=O)C(NC(=O)CC)CCSSCC(C(=O)NC(CCCCN)C(=O)N2CCCC2C(=O)N2CCCC2C(=O)NC(CCC(=O)O)C(N)=O)NC(=O)C(Cc2ccccc2)NC(=O)C(CO)NC(=O)C(C)NC(=O)C2CCCN2C1=O. The van der Waals surface area contributed by atoms with Crippen molar-refractivity contribution in [3.63, 3.8) is 0 Å². The van der Waals surface area contributed by atoms with Crippen LogP contribution in [0.25, 0.3) is 0 Å². The standard InChI is InChI=1S/C75H122N20O18S2/c1-6-8-22-50-72(111)93-35-17-26-56(93)70(109)82-44(5)62(101)91-54(41-96)68(107)90-53(40-45-20-10-9-11-21-45)67(106)92-55(69(108)88-51(24-13-15-33-77)73(112)95-37-19-28-58(95)74(113)94-36-18-27-57(94)71(110)84-46(61(78)100)29-30-60(98)99)42-115-114-38-31-49(83-59(97)7-2)65(104)89-52(39-43(3)4)66(105)86-48(25-16-34-81-75(79)80)63(102)85-47(64(103)87-50)23-12-14-32-76/h9-11,20-21,43-44,46-58,96H,6-8,12-19,22-42,76-77H2,1-5H3,(H2,78,100)(H,82,109)(H,83,97)(H,84,110)(H,85,102)(H,86,105)(H,87,103)(H,88,108)(H,89,104)(H,90,107)(H,91,101)(H,92,106)(H,98,99)(H4,79,80,81). The van der Waals surface area contributed by atoms with Crippen molar-refractivity contribution in [3.05, 3.63) is 35.9 Å². The highest BCUT2D eigenvalue weighted by atomic mass is 33.1. The van der Waals surface area contributed by atoms with Crippen LogP contribution in [0.3, 0.4) is 0 Å². The average molecular weight is 1660 g/mol. The molecule has 4 aliphatic heterocycles. The van der Waals surface area contributed by atoms with Crippen LogP contribution in [-0.2, 0) is 83.1 Å². The molecule has 15 amide bonds. The third kappa shape index (κ3) is 31.6. The second-order valence-electron chi connectivity index (χ2n) is 29.7. The molecule has 40 heteroatoms. The van der Waals surface area contributed by atoms with E-state index in [1.165, 1.54) is 21.6 Å². The number of nitrogens with two attached hydrogens (primary N) is 5.